The molecule has 0 radical (unpaired) electrons. The minimum absolute atomic E-state index is 0.114. The van der Waals surface area contributed by atoms with Crippen molar-refractivity contribution in [2.24, 2.45) is 14.1 Å². The van der Waals surface area contributed by atoms with Gasteiger partial charge in [0.05, 0.1) is 18.5 Å². The number of aryl methyl sites for hydroxylation is 2. The lowest BCUT2D eigenvalue weighted by Crippen LogP contribution is -2.39. The molecule has 0 spiro atoms. The van der Waals surface area contributed by atoms with Gasteiger partial charge in [0.2, 0.25) is 0 Å². The molecule has 0 N–H and O–H groups in total. The minimum atomic E-state index is -0.436. The third-order valence-corrected chi connectivity index (χ3v) is 6.16. The SMILES string of the molecule is Cc1c(C)c(C)c(C(=O)OCCCn2c(=O)c3c(ncn3C)n(C)c2=O)c(C)c1C. The highest BCUT2D eigenvalue weighted by Gasteiger charge is 2.20. The predicted molar refractivity (Wildman–Crippen MR) is 115 cm³/mol. The van der Waals surface area contributed by atoms with Crippen molar-refractivity contribution in [1.29, 1.82) is 0 Å². The van der Waals surface area contributed by atoms with Crippen LogP contribution in [0.15, 0.2) is 15.9 Å². The predicted octanol–water partition coefficient (Wildman–Crippen LogP) is 2.22. The molecule has 0 saturated carbocycles. The lowest BCUT2D eigenvalue weighted by molar-refractivity contribution is 0.0493. The Bertz CT molecular complexity index is 1250. The maximum atomic E-state index is 12.7. The molecule has 2 aromatic heterocycles. The standard InChI is InChI=1S/C22H28N4O4/c1-12-13(2)15(4)17(16(5)14(12)3)21(28)30-10-8-9-26-20(27)18-19(23-11-24(18)6)25(7)22(26)29/h11H,8-10H2,1-7H3. The number of nitrogens with zero attached hydrogens (tertiary/aromatic N) is 4. The fourth-order valence-electron chi connectivity index (χ4n) is 3.86. The molecule has 0 fully saturated rings. The van der Waals surface area contributed by atoms with Crippen molar-refractivity contribution < 1.29 is 9.53 Å². The summed E-state index contributed by atoms with van der Waals surface area (Å²) in [7, 11) is 3.30. The van der Waals surface area contributed by atoms with Gasteiger partial charge in [-0.1, -0.05) is 0 Å². The second-order valence-corrected chi connectivity index (χ2v) is 7.82. The molecule has 0 amide bonds. The Morgan fingerprint density at radius 1 is 0.967 bits per heavy atom. The second kappa shape index (κ2) is 7.93. The number of carbonyl (C=O) groups is 1. The molecule has 2 heterocycles. The monoisotopic (exact) mass is 412 g/mol. The number of hydrogen-bond donors (Lipinski definition) is 0. The van der Waals surface area contributed by atoms with Crippen LogP contribution in [0.4, 0.5) is 0 Å². The molecule has 0 aliphatic heterocycles. The lowest BCUT2D eigenvalue weighted by atomic mass is 9.90. The Balaban J connectivity index is 1.77. The number of aromatic nitrogens is 4. The summed E-state index contributed by atoms with van der Waals surface area (Å²) in [5.41, 5.74) is 5.69. The number of imidazole rings is 1. The van der Waals surface area contributed by atoms with Gasteiger partial charge in [-0.2, -0.15) is 0 Å². The number of esters is 1. The van der Waals surface area contributed by atoms with Crippen LogP contribution >= 0.6 is 0 Å². The maximum absolute atomic E-state index is 12.7. The Kier molecular flexibility index (Phi) is 5.70. The van der Waals surface area contributed by atoms with Crippen molar-refractivity contribution >= 4 is 17.1 Å². The minimum Gasteiger partial charge on any atom is -0.462 e. The Morgan fingerprint density at radius 3 is 2.13 bits per heavy atom. The second-order valence-electron chi connectivity index (χ2n) is 7.82. The maximum Gasteiger partial charge on any atom is 0.338 e. The smallest absolute Gasteiger partial charge is 0.338 e. The van der Waals surface area contributed by atoms with E-state index in [0.29, 0.717) is 23.1 Å². The van der Waals surface area contributed by atoms with Crippen LogP contribution in [0.2, 0.25) is 0 Å². The molecule has 0 unspecified atom stereocenters. The summed E-state index contributed by atoms with van der Waals surface area (Å²) in [6.07, 6.45) is 1.86. The number of carbonyl (C=O) groups excluding carboxylic acids is 1. The van der Waals surface area contributed by atoms with Gasteiger partial charge in [0.15, 0.2) is 11.2 Å². The summed E-state index contributed by atoms with van der Waals surface area (Å²) in [5.74, 6) is -0.376. The molecule has 160 valence electrons. The van der Waals surface area contributed by atoms with Crippen molar-refractivity contribution in [3.05, 3.63) is 60.5 Å². The summed E-state index contributed by atoms with van der Waals surface area (Å²) in [6, 6.07) is 0. The molecule has 3 rings (SSSR count). The molecule has 0 aliphatic carbocycles. The van der Waals surface area contributed by atoms with Gasteiger partial charge in [0.25, 0.3) is 5.56 Å². The summed E-state index contributed by atoms with van der Waals surface area (Å²) in [5, 5.41) is 0. The molecule has 3 aromatic rings. The third-order valence-electron chi connectivity index (χ3n) is 6.16. The molecule has 30 heavy (non-hydrogen) atoms. The number of benzene rings is 1. The molecule has 8 nitrogen and oxygen atoms in total. The highest BCUT2D eigenvalue weighted by molar-refractivity contribution is 5.93. The average Bonchev–Trinajstić information content (AvgIpc) is 3.10. The zero-order valence-corrected chi connectivity index (χ0v) is 18.6. The van der Waals surface area contributed by atoms with Crippen LogP contribution in [0, 0.1) is 34.6 Å². The average molecular weight is 412 g/mol. The lowest BCUT2D eigenvalue weighted by Gasteiger charge is -2.17. The zero-order valence-electron chi connectivity index (χ0n) is 18.6. The quantitative estimate of drug-likeness (QED) is 0.474. The molecular weight excluding hydrogens is 384 g/mol. The normalized spacial score (nSPS) is 11.3. The first-order chi connectivity index (χ1) is 14.1. The van der Waals surface area contributed by atoms with Crippen molar-refractivity contribution in [3.8, 4) is 0 Å². The van der Waals surface area contributed by atoms with Gasteiger partial charge in [0, 0.05) is 20.6 Å². The van der Waals surface area contributed by atoms with Gasteiger partial charge in [-0.25, -0.2) is 14.6 Å². The van der Waals surface area contributed by atoms with Gasteiger partial charge in [0.1, 0.15) is 0 Å². The van der Waals surface area contributed by atoms with Gasteiger partial charge in [-0.3, -0.25) is 13.9 Å². The largest absolute Gasteiger partial charge is 0.462 e. The zero-order chi connectivity index (χ0) is 22.3. The highest BCUT2D eigenvalue weighted by atomic mass is 16.5. The third kappa shape index (κ3) is 3.36. The van der Waals surface area contributed by atoms with E-state index in [1.54, 1.807) is 18.7 Å². The van der Waals surface area contributed by atoms with Crippen molar-refractivity contribution in [3.63, 3.8) is 0 Å². The molecule has 1 aromatic carbocycles. The van der Waals surface area contributed by atoms with Crippen LogP contribution in [0.5, 0.6) is 0 Å². The summed E-state index contributed by atoms with van der Waals surface area (Å²) in [6.45, 7) is 10.2. The first-order valence-corrected chi connectivity index (χ1v) is 9.92. The van der Waals surface area contributed by atoms with Crippen LogP contribution in [-0.4, -0.2) is 31.3 Å². The number of ether oxygens (including phenoxy) is 1. The van der Waals surface area contributed by atoms with E-state index >= 15 is 0 Å². The first kappa shape index (κ1) is 21.5. The number of fused-ring (bicyclic) bond motifs is 1. The number of rotatable bonds is 5. The first-order valence-electron chi connectivity index (χ1n) is 9.92. The Hall–Kier alpha value is -3.16. The molecule has 0 atom stereocenters. The van der Waals surface area contributed by atoms with Gasteiger partial charge in [-0.05, 0) is 68.9 Å². The van der Waals surface area contributed by atoms with Crippen LogP contribution < -0.4 is 11.2 Å². The highest BCUT2D eigenvalue weighted by Crippen LogP contribution is 2.26. The van der Waals surface area contributed by atoms with E-state index in [0.717, 1.165) is 26.8 Å². The topological polar surface area (TPSA) is 88.1 Å². The fraction of sp³-hybridized carbons (Fsp3) is 0.455. The van der Waals surface area contributed by atoms with E-state index < -0.39 is 11.2 Å². The van der Waals surface area contributed by atoms with E-state index in [-0.39, 0.29) is 19.1 Å². The Morgan fingerprint density at radius 2 is 1.53 bits per heavy atom. The molecule has 8 heteroatoms. The van der Waals surface area contributed by atoms with Crippen molar-refractivity contribution in [1.82, 2.24) is 18.7 Å². The van der Waals surface area contributed by atoms with Crippen LogP contribution in [0.3, 0.4) is 0 Å². The van der Waals surface area contributed by atoms with E-state index in [4.69, 9.17) is 4.74 Å². The van der Waals surface area contributed by atoms with Gasteiger partial charge >= 0.3 is 11.7 Å². The van der Waals surface area contributed by atoms with Crippen LogP contribution in [0.1, 0.15) is 44.6 Å². The molecular formula is C22H28N4O4. The van der Waals surface area contributed by atoms with E-state index in [1.165, 1.54) is 16.5 Å². The van der Waals surface area contributed by atoms with Crippen molar-refractivity contribution in [2.45, 2.75) is 47.6 Å². The van der Waals surface area contributed by atoms with Crippen LogP contribution in [-0.2, 0) is 25.4 Å². The summed E-state index contributed by atoms with van der Waals surface area (Å²) < 4.78 is 9.60. The Labute approximate surface area is 174 Å². The summed E-state index contributed by atoms with van der Waals surface area (Å²) >= 11 is 0. The van der Waals surface area contributed by atoms with Gasteiger partial charge in [-0.15, -0.1) is 0 Å². The van der Waals surface area contributed by atoms with E-state index in [1.807, 2.05) is 27.7 Å². The van der Waals surface area contributed by atoms with E-state index in [2.05, 4.69) is 11.9 Å². The van der Waals surface area contributed by atoms with Crippen LogP contribution in [0.25, 0.3) is 11.2 Å². The molecule has 0 saturated heterocycles. The van der Waals surface area contributed by atoms with Gasteiger partial charge < -0.3 is 9.30 Å². The molecule has 0 bridgehead atoms. The van der Waals surface area contributed by atoms with Crippen molar-refractivity contribution in [2.75, 3.05) is 6.61 Å². The molecule has 0 aliphatic rings. The number of hydrogen-bond acceptors (Lipinski definition) is 5. The summed E-state index contributed by atoms with van der Waals surface area (Å²) in [4.78, 5) is 42.1. The fourth-order valence-corrected chi connectivity index (χ4v) is 3.86. The van der Waals surface area contributed by atoms with E-state index in [9.17, 15) is 14.4 Å².